The molecule has 32 heavy (non-hydrogen) atoms. The van der Waals surface area contributed by atoms with Crippen molar-refractivity contribution in [3.05, 3.63) is 75.9 Å². The maximum absolute atomic E-state index is 13.0. The fourth-order valence-electron chi connectivity index (χ4n) is 3.22. The minimum absolute atomic E-state index is 0.353. The fraction of sp³-hybridized carbons (Fsp3) is 0.136. The Morgan fingerprint density at radius 2 is 1.72 bits per heavy atom. The maximum atomic E-state index is 13.0. The average molecular weight is 469 g/mol. The van der Waals surface area contributed by atoms with Crippen molar-refractivity contribution in [1.29, 1.82) is 0 Å². The second-order valence-corrected chi connectivity index (χ2v) is 8.40. The van der Waals surface area contributed by atoms with E-state index in [4.69, 9.17) is 17.3 Å². The lowest BCUT2D eigenvalue weighted by atomic mass is 10.2. The normalized spacial score (nSPS) is 13.9. The predicted octanol–water partition coefficient (Wildman–Crippen LogP) is 4.04. The molecule has 1 unspecified atom stereocenters. The molecule has 0 aliphatic carbocycles. The molecule has 0 bridgehead atoms. The summed E-state index contributed by atoms with van der Waals surface area (Å²) in [4.78, 5) is 32.3. The van der Waals surface area contributed by atoms with Gasteiger partial charge >= 0.3 is 6.03 Å². The van der Waals surface area contributed by atoms with Crippen LogP contribution in [0.25, 0.3) is 0 Å². The number of guanidine groups is 1. The van der Waals surface area contributed by atoms with Crippen molar-refractivity contribution >= 4 is 57.9 Å². The molecule has 0 saturated heterocycles. The van der Waals surface area contributed by atoms with Crippen molar-refractivity contribution in [3.8, 4) is 0 Å². The molecule has 2 aromatic carbocycles. The molecule has 3 aromatic rings. The number of anilines is 3. The second-order valence-electron chi connectivity index (χ2n) is 6.98. The highest BCUT2D eigenvalue weighted by Gasteiger charge is 2.24. The lowest BCUT2D eigenvalue weighted by Gasteiger charge is -2.19. The molecule has 1 aliphatic rings. The van der Waals surface area contributed by atoms with Crippen molar-refractivity contribution in [3.63, 3.8) is 0 Å². The van der Waals surface area contributed by atoms with Crippen molar-refractivity contribution in [2.45, 2.75) is 6.04 Å². The van der Waals surface area contributed by atoms with Gasteiger partial charge in [0.25, 0.3) is 5.91 Å². The Kier molecular flexibility index (Phi) is 6.58. The highest BCUT2D eigenvalue weighted by molar-refractivity contribution is 7.10. The first-order chi connectivity index (χ1) is 15.5. The van der Waals surface area contributed by atoms with E-state index in [-0.39, 0.29) is 5.91 Å². The maximum Gasteiger partial charge on any atom is 0.320 e. The van der Waals surface area contributed by atoms with Crippen molar-refractivity contribution in [2.24, 2.45) is 10.7 Å². The van der Waals surface area contributed by atoms with Gasteiger partial charge in [0, 0.05) is 33.5 Å². The summed E-state index contributed by atoms with van der Waals surface area (Å²) in [5.41, 5.74) is 7.96. The monoisotopic (exact) mass is 468 g/mol. The molecule has 0 fully saturated rings. The standard InChI is InChI=1S/C22H21ClN6O2S/c23-14-3-5-16(6-4-14)27-22(31)28-19(18-2-1-13-32-18)20(30)26-15-7-9-17(10-8-15)29-12-11-25-21(29)24/h1-10,13,19H,11-12H2,(H2,24,25)(H,26,30)(H2,27,28,31). The van der Waals surface area contributed by atoms with Crippen LogP contribution in [0, 0.1) is 0 Å². The Labute approximate surface area is 194 Å². The number of carbonyl (C=O) groups excluding carboxylic acids is 2. The number of hydrogen-bond donors (Lipinski definition) is 4. The summed E-state index contributed by atoms with van der Waals surface area (Å²) in [6, 6.07) is 16.3. The van der Waals surface area contributed by atoms with Crippen LogP contribution in [0.3, 0.4) is 0 Å². The van der Waals surface area contributed by atoms with Crippen LogP contribution in [0.5, 0.6) is 0 Å². The first-order valence-corrected chi connectivity index (χ1v) is 11.1. The van der Waals surface area contributed by atoms with Gasteiger partial charge in [0.1, 0.15) is 6.04 Å². The molecule has 3 amide bonds. The Hall–Kier alpha value is -3.56. The van der Waals surface area contributed by atoms with E-state index in [1.54, 1.807) is 42.5 Å². The van der Waals surface area contributed by atoms with Crippen molar-refractivity contribution in [1.82, 2.24) is 5.32 Å². The number of nitrogens with one attached hydrogen (secondary N) is 3. The highest BCUT2D eigenvalue weighted by Crippen LogP contribution is 2.23. The predicted molar refractivity (Wildman–Crippen MR) is 130 cm³/mol. The van der Waals surface area contributed by atoms with E-state index in [1.807, 2.05) is 28.5 Å². The van der Waals surface area contributed by atoms with Gasteiger partial charge in [-0.2, -0.15) is 0 Å². The number of aliphatic imine (C=N–C) groups is 1. The van der Waals surface area contributed by atoms with Crippen LogP contribution in [0.2, 0.25) is 5.02 Å². The third-order valence-electron chi connectivity index (χ3n) is 4.79. The summed E-state index contributed by atoms with van der Waals surface area (Å²) < 4.78 is 0. The van der Waals surface area contributed by atoms with Gasteiger partial charge < -0.3 is 26.6 Å². The van der Waals surface area contributed by atoms with Gasteiger partial charge in [-0.1, -0.05) is 17.7 Å². The quantitative estimate of drug-likeness (QED) is 0.437. The van der Waals surface area contributed by atoms with Crippen molar-refractivity contribution < 1.29 is 9.59 Å². The topological polar surface area (TPSA) is 112 Å². The number of benzene rings is 2. The van der Waals surface area contributed by atoms with Crippen LogP contribution < -0.4 is 26.6 Å². The lowest BCUT2D eigenvalue weighted by Crippen LogP contribution is -2.39. The van der Waals surface area contributed by atoms with E-state index in [0.717, 1.165) is 12.2 Å². The number of hydrogen-bond acceptors (Lipinski definition) is 6. The number of carbonyl (C=O) groups is 2. The van der Waals surface area contributed by atoms with Crippen LogP contribution in [0.4, 0.5) is 21.9 Å². The van der Waals surface area contributed by atoms with E-state index in [9.17, 15) is 9.59 Å². The molecule has 1 atom stereocenters. The Balaban J connectivity index is 1.43. The van der Waals surface area contributed by atoms with Gasteiger partial charge in [0.15, 0.2) is 5.96 Å². The van der Waals surface area contributed by atoms with Crippen LogP contribution in [0.15, 0.2) is 71.0 Å². The minimum Gasteiger partial charge on any atom is -0.370 e. The van der Waals surface area contributed by atoms with Gasteiger partial charge in [-0.25, -0.2) is 4.79 Å². The van der Waals surface area contributed by atoms with E-state index in [1.165, 1.54) is 11.3 Å². The average Bonchev–Trinajstić information content (AvgIpc) is 3.46. The molecule has 0 radical (unpaired) electrons. The zero-order valence-corrected chi connectivity index (χ0v) is 18.5. The van der Waals surface area contributed by atoms with Crippen LogP contribution >= 0.6 is 22.9 Å². The fourth-order valence-corrected chi connectivity index (χ4v) is 4.12. The molecular formula is C22H21ClN6O2S. The zero-order valence-electron chi connectivity index (χ0n) is 16.9. The number of rotatable bonds is 6. The molecule has 0 saturated carbocycles. The number of amides is 3. The summed E-state index contributed by atoms with van der Waals surface area (Å²) in [5.74, 6) is 0.129. The van der Waals surface area contributed by atoms with Crippen LogP contribution in [-0.4, -0.2) is 31.0 Å². The number of nitrogens with zero attached hydrogens (tertiary/aromatic N) is 2. The van der Waals surface area contributed by atoms with E-state index in [0.29, 0.717) is 33.8 Å². The number of halogens is 1. The smallest absolute Gasteiger partial charge is 0.320 e. The first kappa shape index (κ1) is 21.7. The molecule has 1 aliphatic heterocycles. The largest absolute Gasteiger partial charge is 0.370 e. The minimum atomic E-state index is -0.858. The molecule has 5 N–H and O–H groups in total. The van der Waals surface area contributed by atoms with Gasteiger partial charge in [-0.3, -0.25) is 9.79 Å². The number of urea groups is 1. The third kappa shape index (κ3) is 5.19. The van der Waals surface area contributed by atoms with Crippen LogP contribution in [0.1, 0.15) is 10.9 Å². The van der Waals surface area contributed by atoms with E-state index >= 15 is 0 Å². The van der Waals surface area contributed by atoms with Crippen LogP contribution in [-0.2, 0) is 4.79 Å². The Morgan fingerprint density at radius 3 is 2.34 bits per heavy atom. The van der Waals surface area contributed by atoms with E-state index in [2.05, 4.69) is 20.9 Å². The summed E-state index contributed by atoms with van der Waals surface area (Å²) in [5, 5.41) is 10.7. The van der Waals surface area contributed by atoms with Gasteiger partial charge in [-0.15, -0.1) is 11.3 Å². The Bertz CT molecular complexity index is 1120. The zero-order chi connectivity index (χ0) is 22.5. The third-order valence-corrected chi connectivity index (χ3v) is 5.98. The summed E-state index contributed by atoms with van der Waals surface area (Å²) in [6.45, 7) is 1.39. The summed E-state index contributed by atoms with van der Waals surface area (Å²) in [6.07, 6.45) is 0. The summed E-state index contributed by atoms with van der Waals surface area (Å²) >= 11 is 7.26. The number of nitrogens with two attached hydrogens (primary N) is 1. The number of thiophene rings is 1. The second kappa shape index (κ2) is 9.71. The molecule has 0 spiro atoms. The molecule has 164 valence electrons. The molecule has 2 heterocycles. The molecule has 1 aromatic heterocycles. The summed E-state index contributed by atoms with van der Waals surface area (Å²) in [7, 11) is 0. The lowest BCUT2D eigenvalue weighted by molar-refractivity contribution is -0.118. The molecular weight excluding hydrogens is 448 g/mol. The van der Waals surface area contributed by atoms with Gasteiger partial charge in [-0.05, 0) is 60.0 Å². The molecule has 4 rings (SSSR count). The first-order valence-electron chi connectivity index (χ1n) is 9.84. The van der Waals surface area contributed by atoms with Gasteiger partial charge in [0.2, 0.25) is 0 Å². The Morgan fingerprint density at radius 1 is 1.03 bits per heavy atom. The molecule has 8 nitrogen and oxygen atoms in total. The highest BCUT2D eigenvalue weighted by atomic mass is 35.5. The van der Waals surface area contributed by atoms with Gasteiger partial charge in [0.05, 0.1) is 6.54 Å². The van der Waals surface area contributed by atoms with E-state index < -0.39 is 12.1 Å². The SMILES string of the molecule is NC1=NCCN1c1ccc(NC(=O)C(NC(=O)Nc2ccc(Cl)cc2)c2cccs2)cc1. The molecule has 10 heteroatoms. The van der Waals surface area contributed by atoms with Crippen molar-refractivity contribution in [2.75, 3.05) is 28.6 Å².